The second-order valence-electron chi connectivity index (χ2n) is 1.93. The van der Waals surface area contributed by atoms with E-state index in [0.29, 0.717) is 0 Å². The van der Waals surface area contributed by atoms with E-state index in [1.807, 2.05) is 19.1 Å². The molecule has 1 atom stereocenters. The maximum atomic E-state index is 10.6. The zero-order valence-corrected chi connectivity index (χ0v) is 10.7. The lowest BCUT2D eigenvalue weighted by atomic mass is 10.3. The van der Waals surface area contributed by atoms with Crippen LogP contribution in [-0.4, -0.2) is 14.0 Å². The zero-order chi connectivity index (χ0) is 8.85. The van der Waals surface area contributed by atoms with E-state index in [2.05, 4.69) is 45.2 Å². The predicted molar refractivity (Wildman–Crippen MR) is 62.2 cm³/mol. The molecule has 0 aromatic rings. The molecule has 0 radical (unpaired) electrons. The van der Waals surface area contributed by atoms with Crippen LogP contribution < -0.4 is 0 Å². The molecule has 0 fully saturated rings. The van der Waals surface area contributed by atoms with Gasteiger partial charge in [-0.05, 0) is 13.0 Å². The van der Waals surface area contributed by atoms with Gasteiger partial charge in [0.15, 0.2) is 0 Å². The lowest BCUT2D eigenvalue weighted by molar-refractivity contribution is -0.143. The molecule has 0 saturated carbocycles. The topological polar surface area (TPSA) is 26.3 Å². The first-order valence-electron chi connectivity index (χ1n) is 3.16. The van der Waals surface area contributed by atoms with Crippen LogP contribution in [-0.2, 0) is 9.53 Å². The van der Waals surface area contributed by atoms with E-state index in [-0.39, 0.29) is 14.0 Å². The molecule has 0 aromatic heterocycles. The van der Waals surface area contributed by atoms with Gasteiger partial charge in [-0.25, -0.2) is 0 Å². The van der Waals surface area contributed by atoms with Crippen molar-refractivity contribution in [2.24, 2.45) is 0 Å². The Morgan fingerprint density at radius 1 is 1.55 bits per heavy atom. The second kappa shape index (κ2) is 6.22. The monoisotopic (exact) mass is 380 g/mol. The highest BCUT2D eigenvalue weighted by Crippen LogP contribution is 2.18. The molecule has 2 nitrogen and oxygen atoms in total. The van der Waals surface area contributed by atoms with Gasteiger partial charge in [0.05, 0.1) is 0 Å². The SMILES string of the molecule is C/C=C/C(OC(C)=O)C(I)I. The number of hydrogen-bond donors (Lipinski definition) is 0. The maximum absolute atomic E-state index is 10.6. The molecule has 0 aliphatic carbocycles. The number of alkyl halides is 2. The molecule has 0 bridgehead atoms. The maximum Gasteiger partial charge on any atom is 0.303 e. The Labute approximate surface area is 94.0 Å². The fraction of sp³-hybridized carbons (Fsp3) is 0.571. The minimum atomic E-state index is -0.230. The molecule has 0 N–H and O–H groups in total. The van der Waals surface area contributed by atoms with Gasteiger partial charge in [-0.1, -0.05) is 51.3 Å². The first kappa shape index (κ1) is 11.7. The molecule has 0 aromatic carbocycles. The summed E-state index contributed by atoms with van der Waals surface area (Å²) in [4.78, 5) is 10.6. The number of halogens is 2. The highest BCUT2D eigenvalue weighted by Gasteiger charge is 2.14. The lowest BCUT2D eigenvalue weighted by Gasteiger charge is -2.13. The van der Waals surface area contributed by atoms with Gasteiger partial charge in [-0.2, -0.15) is 0 Å². The fourth-order valence-corrected chi connectivity index (χ4v) is 1.33. The summed E-state index contributed by atoms with van der Waals surface area (Å²) in [6.07, 6.45) is 3.67. The molecule has 64 valence electrons. The summed E-state index contributed by atoms with van der Waals surface area (Å²) >= 11 is 4.44. The average Bonchev–Trinajstić information content (AvgIpc) is 1.86. The Balaban J connectivity index is 4.00. The Morgan fingerprint density at radius 3 is 2.36 bits per heavy atom. The van der Waals surface area contributed by atoms with E-state index in [4.69, 9.17) is 4.74 Å². The molecule has 0 spiro atoms. The Hall–Kier alpha value is 0.670. The van der Waals surface area contributed by atoms with E-state index >= 15 is 0 Å². The van der Waals surface area contributed by atoms with Crippen LogP contribution >= 0.6 is 45.2 Å². The van der Waals surface area contributed by atoms with Crippen LogP contribution in [0.2, 0.25) is 0 Å². The van der Waals surface area contributed by atoms with Gasteiger partial charge in [0, 0.05) is 6.92 Å². The average molecular weight is 380 g/mol. The van der Waals surface area contributed by atoms with Gasteiger partial charge in [0.25, 0.3) is 0 Å². The Bertz CT molecular complexity index is 155. The van der Waals surface area contributed by atoms with Crippen molar-refractivity contribution in [1.82, 2.24) is 0 Å². The van der Waals surface area contributed by atoms with E-state index in [9.17, 15) is 4.79 Å². The Kier molecular flexibility index (Phi) is 6.59. The van der Waals surface area contributed by atoms with Crippen LogP contribution in [0.15, 0.2) is 12.2 Å². The molecule has 4 heteroatoms. The van der Waals surface area contributed by atoms with E-state index in [1.165, 1.54) is 6.92 Å². The van der Waals surface area contributed by atoms with Crippen LogP contribution in [0.3, 0.4) is 0 Å². The van der Waals surface area contributed by atoms with Crippen molar-refractivity contribution in [3.8, 4) is 0 Å². The third-order valence-electron chi connectivity index (χ3n) is 0.933. The van der Waals surface area contributed by atoms with Crippen LogP contribution in [0.4, 0.5) is 0 Å². The van der Waals surface area contributed by atoms with Crippen molar-refractivity contribution in [2.45, 2.75) is 21.9 Å². The summed E-state index contributed by atoms with van der Waals surface area (Å²) in [5, 5.41) is 0. The van der Waals surface area contributed by atoms with Crippen molar-refractivity contribution < 1.29 is 9.53 Å². The van der Waals surface area contributed by atoms with E-state index in [0.717, 1.165) is 0 Å². The van der Waals surface area contributed by atoms with Gasteiger partial charge >= 0.3 is 5.97 Å². The summed E-state index contributed by atoms with van der Waals surface area (Å²) in [6.45, 7) is 3.33. The first-order chi connectivity index (χ1) is 5.07. The van der Waals surface area contributed by atoms with Crippen LogP contribution in [0.1, 0.15) is 13.8 Å². The molecule has 0 aliphatic rings. The van der Waals surface area contributed by atoms with Crippen molar-refractivity contribution >= 4 is 51.2 Å². The normalized spacial score (nSPS) is 13.9. The van der Waals surface area contributed by atoms with Crippen LogP contribution in [0.25, 0.3) is 0 Å². The standard InChI is InChI=1S/C7H10I2O2/c1-3-4-6(7(8)9)11-5(2)10/h3-4,6-7H,1-2H3/b4-3+. The highest BCUT2D eigenvalue weighted by molar-refractivity contribution is 14.2. The Morgan fingerprint density at radius 2 is 2.09 bits per heavy atom. The number of allylic oxidation sites excluding steroid dienone is 1. The fourth-order valence-electron chi connectivity index (χ4n) is 0.556. The molecular formula is C7H10I2O2. The lowest BCUT2D eigenvalue weighted by Crippen LogP contribution is -2.19. The van der Waals surface area contributed by atoms with E-state index in [1.54, 1.807) is 0 Å². The smallest absolute Gasteiger partial charge is 0.303 e. The predicted octanol–water partition coefficient (Wildman–Crippen LogP) is 2.69. The second-order valence-corrected chi connectivity index (χ2v) is 7.00. The number of rotatable bonds is 3. The third-order valence-corrected chi connectivity index (χ3v) is 2.35. The van der Waals surface area contributed by atoms with Gasteiger partial charge in [-0.15, -0.1) is 0 Å². The van der Waals surface area contributed by atoms with Gasteiger partial charge < -0.3 is 4.74 Å². The third kappa shape index (κ3) is 5.89. The van der Waals surface area contributed by atoms with Crippen LogP contribution in [0, 0.1) is 0 Å². The minimum Gasteiger partial charge on any atom is -0.456 e. The number of carbonyl (C=O) groups is 1. The molecule has 0 saturated heterocycles. The first-order valence-corrected chi connectivity index (χ1v) is 5.65. The molecule has 0 amide bonds. The van der Waals surface area contributed by atoms with Gasteiger partial charge in [-0.3, -0.25) is 4.79 Å². The van der Waals surface area contributed by atoms with Crippen LogP contribution in [0.5, 0.6) is 0 Å². The molecule has 0 aliphatic heterocycles. The zero-order valence-electron chi connectivity index (χ0n) is 6.38. The summed E-state index contributed by atoms with van der Waals surface area (Å²) in [7, 11) is 0. The quantitative estimate of drug-likeness (QED) is 0.326. The number of esters is 1. The number of hydrogen-bond acceptors (Lipinski definition) is 2. The summed E-state index contributed by atoms with van der Waals surface area (Å²) < 4.78 is 5.29. The molecule has 1 unspecified atom stereocenters. The van der Waals surface area contributed by atoms with Crippen molar-refractivity contribution in [3.63, 3.8) is 0 Å². The molecular weight excluding hydrogens is 370 g/mol. The number of carbonyl (C=O) groups excluding carboxylic acids is 1. The van der Waals surface area contributed by atoms with E-state index < -0.39 is 0 Å². The summed E-state index contributed by atoms with van der Waals surface area (Å²) in [6, 6.07) is 0. The van der Waals surface area contributed by atoms with Crippen molar-refractivity contribution in [3.05, 3.63) is 12.2 Å². The minimum absolute atomic E-state index is 0.0984. The summed E-state index contributed by atoms with van der Waals surface area (Å²) in [5.74, 6) is -0.230. The largest absolute Gasteiger partial charge is 0.456 e. The van der Waals surface area contributed by atoms with Gasteiger partial charge in [0.1, 0.15) is 8.04 Å². The van der Waals surface area contributed by atoms with Crippen molar-refractivity contribution in [1.29, 1.82) is 0 Å². The number of ether oxygens (including phenoxy) is 1. The highest BCUT2D eigenvalue weighted by atomic mass is 127. The molecule has 0 heterocycles. The molecule has 11 heavy (non-hydrogen) atoms. The summed E-state index contributed by atoms with van der Waals surface area (Å²) in [5.41, 5.74) is 0. The van der Waals surface area contributed by atoms with Gasteiger partial charge in [0.2, 0.25) is 0 Å². The van der Waals surface area contributed by atoms with Crippen molar-refractivity contribution in [2.75, 3.05) is 0 Å². The molecule has 0 rings (SSSR count).